The Morgan fingerprint density at radius 3 is 1.88 bits per heavy atom. The standard InChI is InChI=1S/C35H22N4OS.C32H19N3O2S.C32H19N3O.3Pt/c1-38-29-17-7-5-11-23(29)21-30(38)26-15-9-18-31-34(26)37-35(40-31)39(24-12-3-2-4-13-24)33-20-10-16-28(36-33)27-22-41-32-19-8-6-14-25(27)32;1-3-7-20(8-4-1)25-19-36-31-30(25)34-32(37-31)35(23-9-5-2-6-10-23)27-16-14-22-12-11-21-13-15-26-24(17-18-38-26)28(21)29(22)33-27;1-3-11-22(12-4-1)25-16-9-15-24-21-29-32(34-31(24)25)35(27-18-7-8-19-28(27)36-29)30-20-10-17-26(33-30)23-13-5-2-6-14-23;;;/h2-13,15-20,22H,1H3;1-7,9-10,13-16,18-19H,11-12H2;1-11,13,15-21H;;;/q3*-2;3*+2. The molecule has 10 aromatic heterocycles. The van der Waals surface area contributed by atoms with Gasteiger partial charge in [0.2, 0.25) is 0 Å². The predicted octanol–water partition coefficient (Wildman–Crippen LogP) is 26.0. The van der Waals surface area contributed by atoms with Crippen LogP contribution in [0, 0.1) is 36.4 Å². The number of aryl methyl sites for hydroxylation is 3. The molecule has 572 valence electrons. The number of thiophene rings is 2. The number of para-hydroxylation sites is 7. The average molecular weight is 2100 g/mol. The molecule has 118 heavy (non-hydrogen) atoms. The van der Waals surface area contributed by atoms with Crippen molar-refractivity contribution in [3.63, 3.8) is 0 Å². The van der Waals surface area contributed by atoms with E-state index in [0.29, 0.717) is 46.3 Å². The minimum absolute atomic E-state index is 0. The van der Waals surface area contributed by atoms with E-state index in [0.717, 1.165) is 147 Å². The summed E-state index contributed by atoms with van der Waals surface area (Å²) in [5.41, 5.74) is 21.0. The van der Waals surface area contributed by atoms with Crippen LogP contribution in [0.25, 0.3) is 132 Å². The van der Waals surface area contributed by atoms with Crippen LogP contribution in [0.1, 0.15) is 11.1 Å². The molecule has 19 heteroatoms. The largest absolute Gasteiger partial charge is 2.00 e. The van der Waals surface area contributed by atoms with E-state index in [-0.39, 0.29) is 63.2 Å². The van der Waals surface area contributed by atoms with Crippen LogP contribution < -0.4 is 19.4 Å². The van der Waals surface area contributed by atoms with Gasteiger partial charge in [-0.25, -0.2) is 52.4 Å². The van der Waals surface area contributed by atoms with Crippen molar-refractivity contribution in [2.75, 3.05) is 14.7 Å². The van der Waals surface area contributed by atoms with Gasteiger partial charge in [-0.15, -0.1) is 167 Å². The molecule has 0 atom stereocenters. The number of hydrogen-bond donors (Lipinski definition) is 0. The maximum absolute atomic E-state index is 6.46. The molecule has 0 unspecified atom stereocenters. The van der Waals surface area contributed by atoms with Crippen molar-refractivity contribution in [3.05, 3.63) is 368 Å². The summed E-state index contributed by atoms with van der Waals surface area (Å²) in [5.74, 6) is 4.72. The minimum Gasteiger partial charge on any atom is -0.451 e. The summed E-state index contributed by atoms with van der Waals surface area (Å²) < 4.78 is 29.4. The topological polar surface area (TPSA) is 141 Å². The molecule has 0 amide bonds. The van der Waals surface area contributed by atoms with Gasteiger partial charge in [0.25, 0.3) is 0 Å². The van der Waals surface area contributed by atoms with Crippen LogP contribution >= 0.6 is 22.7 Å². The van der Waals surface area contributed by atoms with Crippen LogP contribution in [0.2, 0.25) is 0 Å². The summed E-state index contributed by atoms with van der Waals surface area (Å²) in [5, 5.41) is 8.46. The maximum atomic E-state index is 6.46. The quantitative estimate of drug-likeness (QED) is 0.107. The van der Waals surface area contributed by atoms with Crippen LogP contribution in [0.5, 0.6) is 11.5 Å². The first kappa shape index (κ1) is 76.5. The molecule has 2 aliphatic rings. The first-order valence-electron chi connectivity index (χ1n) is 37.5. The molecule has 0 bridgehead atoms. The maximum Gasteiger partial charge on any atom is 2.00 e. The Bertz CT molecular complexity index is 7220. The molecule has 0 saturated carbocycles. The summed E-state index contributed by atoms with van der Waals surface area (Å²) in [7, 11) is 2.06. The number of rotatable bonds is 12. The monoisotopic (exact) mass is 2100 g/mol. The zero-order chi connectivity index (χ0) is 76.3. The van der Waals surface area contributed by atoms with Gasteiger partial charge in [-0.05, 0) is 125 Å². The van der Waals surface area contributed by atoms with E-state index in [9.17, 15) is 0 Å². The van der Waals surface area contributed by atoms with Crippen LogP contribution in [-0.4, -0.2) is 34.5 Å². The van der Waals surface area contributed by atoms with Gasteiger partial charge in [0.1, 0.15) is 28.6 Å². The van der Waals surface area contributed by atoms with Crippen molar-refractivity contribution in [2.45, 2.75) is 12.8 Å². The first-order valence-corrected chi connectivity index (χ1v) is 39.3. The second-order valence-electron chi connectivity index (χ2n) is 27.6. The first-order chi connectivity index (χ1) is 56.9. The second kappa shape index (κ2) is 33.1. The number of nitrogens with zero attached hydrogens (tertiary/aromatic N) is 10. The van der Waals surface area contributed by atoms with Gasteiger partial charge in [0, 0.05) is 24.0 Å². The smallest absolute Gasteiger partial charge is 0.451 e. The molecule has 0 saturated heterocycles. The number of fused-ring (bicyclic) bond motifs is 12. The van der Waals surface area contributed by atoms with Crippen LogP contribution in [0.3, 0.4) is 0 Å². The summed E-state index contributed by atoms with van der Waals surface area (Å²) in [6.45, 7) is 0. The molecule has 11 aromatic carbocycles. The fourth-order valence-corrected chi connectivity index (χ4v) is 16.9. The van der Waals surface area contributed by atoms with Crippen molar-refractivity contribution >= 4 is 139 Å². The Morgan fingerprint density at radius 1 is 0.441 bits per heavy atom. The molecule has 23 rings (SSSR count). The molecule has 0 radical (unpaired) electrons. The van der Waals surface area contributed by atoms with E-state index >= 15 is 0 Å². The molecule has 0 N–H and O–H groups in total. The van der Waals surface area contributed by atoms with Gasteiger partial charge in [-0.2, -0.15) is 16.4 Å². The molecular weight excluding hydrogens is 2040 g/mol. The van der Waals surface area contributed by atoms with E-state index < -0.39 is 0 Å². The van der Waals surface area contributed by atoms with Crippen LogP contribution in [0.15, 0.2) is 334 Å². The van der Waals surface area contributed by atoms with Crippen LogP contribution in [-0.2, 0) is 83.1 Å². The third-order valence-electron chi connectivity index (χ3n) is 20.7. The van der Waals surface area contributed by atoms with E-state index in [1.807, 2.05) is 252 Å². The summed E-state index contributed by atoms with van der Waals surface area (Å²) in [6, 6.07) is 122. The SMILES string of the molecule is Cn1c(-c2cccc3oc(N(c4ccccc4)c4cccc(-c5csc6ccc[c-]c56)n4)nc23)[c-]c2ccccc21.[Pt+2].[Pt+2].[Pt+2].[c-]1ccccc1-c1cccc(N2c3ccccc3Oc3cc4cccc(-c5[c-]cccc5)c4nc32)n1.[c-]1ccccc1-c1coc2oc(N(c3ccccc3)c3ccc4c(n3)-c3c(ccc5sc[c-]c35)CC4)nc12. The Morgan fingerprint density at radius 2 is 1.09 bits per heavy atom. The number of furan rings is 1. The van der Waals surface area contributed by atoms with Gasteiger partial charge in [-0.3, -0.25) is 9.88 Å². The molecule has 11 heterocycles. The predicted molar refractivity (Wildman–Crippen MR) is 460 cm³/mol. The number of benzene rings is 11. The molecule has 21 aromatic rings. The minimum atomic E-state index is 0. The molecule has 1 aliphatic carbocycles. The van der Waals surface area contributed by atoms with Crippen molar-refractivity contribution in [1.29, 1.82) is 0 Å². The van der Waals surface area contributed by atoms with Gasteiger partial charge in [0.15, 0.2) is 17.3 Å². The van der Waals surface area contributed by atoms with Gasteiger partial charge in [0.05, 0.1) is 28.8 Å². The molecule has 0 spiro atoms. The Hall–Kier alpha value is -12.8. The normalized spacial score (nSPS) is 11.7. The Balaban J connectivity index is 0.000000121. The van der Waals surface area contributed by atoms with Gasteiger partial charge in [-0.1, -0.05) is 164 Å². The number of pyridine rings is 4. The number of oxazole rings is 2. The molecule has 14 nitrogen and oxygen atoms in total. The fraction of sp³-hybridized carbons (Fsp3) is 0.0303. The zero-order valence-electron chi connectivity index (χ0n) is 62.4. The third kappa shape index (κ3) is 14.2. The Labute approximate surface area is 729 Å². The number of anilines is 9. The zero-order valence-corrected chi connectivity index (χ0v) is 70.8. The van der Waals surface area contributed by atoms with E-state index in [1.54, 1.807) is 28.9 Å². The van der Waals surface area contributed by atoms with Crippen molar-refractivity contribution in [3.8, 4) is 78.8 Å². The molecular formula is C99H60N10O4Pt3S2. The van der Waals surface area contributed by atoms with Crippen molar-refractivity contribution in [1.82, 2.24) is 34.5 Å². The average Bonchev–Trinajstić information content (AvgIpc) is 1.06. The van der Waals surface area contributed by atoms with Gasteiger partial charge < -0.3 is 22.6 Å². The third-order valence-corrected chi connectivity index (χ3v) is 22.5. The van der Waals surface area contributed by atoms with E-state index in [4.69, 9.17) is 47.9 Å². The van der Waals surface area contributed by atoms with Crippen LogP contribution in [0.4, 0.5) is 52.4 Å². The molecule has 1 aliphatic heterocycles. The van der Waals surface area contributed by atoms with Crippen molar-refractivity contribution < 1.29 is 81.2 Å². The number of aromatic nitrogens is 7. The van der Waals surface area contributed by atoms with Crippen molar-refractivity contribution in [2.24, 2.45) is 7.05 Å². The fourth-order valence-electron chi connectivity index (χ4n) is 15.3. The molecule has 0 fully saturated rings. The number of ether oxygens (including phenoxy) is 1. The second-order valence-corrected chi connectivity index (χ2v) is 29.4. The van der Waals surface area contributed by atoms with E-state index in [2.05, 4.69) is 125 Å². The summed E-state index contributed by atoms with van der Waals surface area (Å²) in [4.78, 5) is 36.5. The summed E-state index contributed by atoms with van der Waals surface area (Å²) in [6.07, 6.45) is 3.63. The number of hydrogen-bond acceptors (Lipinski definition) is 15. The Kier molecular flexibility index (Phi) is 21.5. The van der Waals surface area contributed by atoms with E-state index in [1.165, 1.54) is 26.1 Å². The van der Waals surface area contributed by atoms with Gasteiger partial charge >= 0.3 is 81.0 Å². The summed E-state index contributed by atoms with van der Waals surface area (Å²) >= 11 is 3.41.